The first-order valence-electron chi connectivity index (χ1n) is 9.65. The Morgan fingerprint density at radius 2 is 1.48 bits per heavy atom. The summed E-state index contributed by atoms with van der Waals surface area (Å²) in [5, 5.41) is 5.39. The van der Waals surface area contributed by atoms with Crippen molar-refractivity contribution in [3.8, 4) is 0 Å². The van der Waals surface area contributed by atoms with Crippen LogP contribution in [-0.4, -0.2) is 55.7 Å². The van der Waals surface area contributed by atoms with Gasteiger partial charge in [0.25, 0.3) is 0 Å². The second-order valence-corrected chi connectivity index (χ2v) is 7.25. The molecule has 3 rings (SSSR count). The first kappa shape index (κ1) is 20.5. The first-order chi connectivity index (χ1) is 13.9. The van der Waals surface area contributed by atoms with Gasteiger partial charge in [-0.1, -0.05) is 12.1 Å². The molecule has 2 aromatic carbocycles. The number of nitrogens with one attached hydrogen (secondary N) is 2. The molecule has 0 aliphatic carbocycles. The number of anilines is 3. The fourth-order valence-electron chi connectivity index (χ4n) is 3.19. The Morgan fingerprint density at radius 1 is 0.862 bits per heavy atom. The average molecular weight is 394 g/mol. The minimum atomic E-state index is -0.433. The van der Waals surface area contributed by atoms with Crippen molar-refractivity contribution in [3.05, 3.63) is 54.1 Å². The van der Waals surface area contributed by atoms with E-state index < -0.39 is 11.8 Å². The zero-order valence-corrected chi connectivity index (χ0v) is 16.8. The number of likely N-dealkylation sites (N-methyl/N-ethyl adjacent to an activating group) is 1. The molecule has 2 amide bonds. The zero-order chi connectivity index (χ0) is 20.8. The van der Waals surface area contributed by atoms with Crippen LogP contribution in [0, 0.1) is 0 Å². The Morgan fingerprint density at radius 3 is 2.10 bits per heavy atom. The van der Waals surface area contributed by atoms with Crippen molar-refractivity contribution in [2.24, 2.45) is 0 Å². The SMILES string of the molecule is CC(=O)c1cccc(NC(=O)CC(=O)Nc2ccc(N3CCN(C)CC3)cc2)c1. The number of rotatable bonds is 6. The standard InChI is InChI=1S/C22H26N4O3/c1-16(27)17-4-3-5-19(14-17)24-22(29)15-21(28)23-18-6-8-20(9-7-18)26-12-10-25(2)11-13-26/h3-9,14H,10-13,15H2,1-2H3,(H,23,28)(H,24,29). The van der Waals surface area contributed by atoms with Crippen LogP contribution in [0.2, 0.25) is 0 Å². The van der Waals surface area contributed by atoms with Crippen molar-refractivity contribution in [3.63, 3.8) is 0 Å². The van der Waals surface area contributed by atoms with E-state index in [1.54, 1.807) is 24.3 Å². The topological polar surface area (TPSA) is 81.7 Å². The molecule has 0 aromatic heterocycles. The Balaban J connectivity index is 1.50. The Bertz CT molecular complexity index is 887. The van der Waals surface area contributed by atoms with E-state index in [0.29, 0.717) is 16.9 Å². The zero-order valence-electron chi connectivity index (χ0n) is 16.8. The van der Waals surface area contributed by atoms with Gasteiger partial charge in [-0.2, -0.15) is 0 Å². The lowest BCUT2D eigenvalue weighted by Crippen LogP contribution is -2.44. The summed E-state index contributed by atoms with van der Waals surface area (Å²) in [6.07, 6.45) is -0.301. The summed E-state index contributed by atoms with van der Waals surface area (Å²) in [6, 6.07) is 14.3. The predicted octanol–water partition coefficient (Wildman–Crippen LogP) is 2.61. The van der Waals surface area contributed by atoms with Crippen LogP contribution in [0.4, 0.5) is 17.1 Å². The lowest BCUT2D eigenvalue weighted by atomic mass is 10.1. The van der Waals surface area contributed by atoms with Crippen LogP contribution in [0.1, 0.15) is 23.7 Å². The van der Waals surface area contributed by atoms with Crippen molar-refractivity contribution in [1.82, 2.24) is 4.90 Å². The first-order valence-corrected chi connectivity index (χ1v) is 9.65. The summed E-state index contributed by atoms with van der Waals surface area (Å²) in [5.41, 5.74) is 2.78. The largest absolute Gasteiger partial charge is 0.369 e. The number of amides is 2. The van der Waals surface area contributed by atoms with Gasteiger partial charge < -0.3 is 20.4 Å². The summed E-state index contributed by atoms with van der Waals surface area (Å²) in [7, 11) is 2.12. The third kappa shape index (κ3) is 5.89. The minimum absolute atomic E-state index is 0.0844. The van der Waals surface area contributed by atoms with Gasteiger partial charge in [0, 0.05) is 48.8 Å². The maximum Gasteiger partial charge on any atom is 0.233 e. The number of Topliss-reactive ketones (excluding diaryl/α,β-unsaturated/α-hetero) is 1. The van der Waals surface area contributed by atoms with Gasteiger partial charge in [-0.3, -0.25) is 14.4 Å². The lowest BCUT2D eigenvalue weighted by molar-refractivity contribution is -0.123. The van der Waals surface area contributed by atoms with Gasteiger partial charge in [-0.05, 0) is 50.4 Å². The second kappa shape index (κ2) is 9.34. The maximum atomic E-state index is 12.2. The van der Waals surface area contributed by atoms with E-state index in [1.165, 1.54) is 6.92 Å². The van der Waals surface area contributed by atoms with Crippen LogP contribution in [0.3, 0.4) is 0 Å². The van der Waals surface area contributed by atoms with Gasteiger partial charge in [0.1, 0.15) is 6.42 Å². The smallest absolute Gasteiger partial charge is 0.233 e. The van der Waals surface area contributed by atoms with Crippen LogP contribution in [0.25, 0.3) is 0 Å². The summed E-state index contributed by atoms with van der Waals surface area (Å²) in [4.78, 5) is 40.3. The molecule has 1 saturated heterocycles. The van der Waals surface area contributed by atoms with Crippen LogP contribution in [0.15, 0.2) is 48.5 Å². The number of ketones is 1. The molecule has 1 fully saturated rings. The van der Waals surface area contributed by atoms with E-state index in [1.807, 2.05) is 24.3 Å². The minimum Gasteiger partial charge on any atom is -0.369 e. The molecule has 1 heterocycles. The van der Waals surface area contributed by atoms with Gasteiger partial charge in [0.05, 0.1) is 0 Å². The van der Waals surface area contributed by atoms with Crippen molar-refractivity contribution in [1.29, 1.82) is 0 Å². The lowest BCUT2D eigenvalue weighted by Gasteiger charge is -2.34. The summed E-state index contributed by atoms with van der Waals surface area (Å²) >= 11 is 0. The molecule has 2 N–H and O–H groups in total. The number of benzene rings is 2. The van der Waals surface area contributed by atoms with Gasteiger partial charge in [0.2, 0.25) is 11.8 Å². The van der Waals surface area contributed by atoms with E-state index in [2.05, 4.69) is 27.5 Å². The molecule has 7 heteroatoms. The normalized spacial score (nSPS) is 14.3. The van der Waals surface area contributed by atoms with Crippen LogP contribution in [0.5, 0.6) is 0 Å². The van der Waals surface area contributed by atoms with Gasteiger partial charge >= 0.3 is 0 Å². The molecule has 1 aliphatic rings. The van der Waals surface area contributed by atoms with E-state index in [4.69, 9.17) is 0 Å². The van der Waals surface area contributed by atoms with Gasteiger partial charge in [-0.25, -0.2) is 0 Å². The number of hydrogen-bond donors (Lipinski definition) is 2. The highest BCUT2D eigenvalue weighted by atomic mass is 16.2. The van der Waals surface area contributed by atoms with E-state index in [-0.39, 0.29) is 12.2 Å². The fraction of sp³-hybridized carbons (Fsp3) is 0.318. The highest BCUT2D eigenvalue weighted by molar-refractivity contribution is 6.08. The van der Waals surface area contributed by atoms with Crippen molar-refractivity contribution in [2.75, 3.05) is 48.8 Å². The van der Waals surface area contributed by atoms with Crippen LogP contribution in [-0.2, 0) is 9.59 Å². The molecule has 7 nitrogen and oxygen atoms in total. The highest BCUT2D eigenvalue weighted by Gasteiger charge is 2.15. The van der Waals surface area contributed by atoms with Gasteiger partial charge in [-0.15, -0.1) is 0 Å². The Hall–Kier alpha value is -3.19. The Kier molecular flexibility index (Phi) is 6.61. The predicted molar refractivity (Wildman–Crippen MR) is 114 cm³/mol. The van der Waals surface area contributed by atoms with E-state index in [9.17, 15) is 14.4 Å². The number of nitrogens with zero attached hydrogens (tertiary/aromatic N) is 2. The number of carbonyl (C=O) groups excluding carboxylic acids is 3. The quantitative estimate of drug-likeness (QED) is 0.581. The van der Waals surface area contributed by atoms with Crippen molar-refractivity contribution in [2.45, 2.75) is 13.3 Å². The highest BCUT2D eigenvalue weighted by Crippen LogP contribution is 2.19. The van der Waals surface area contributed by atoms with E-state index >= 15 is 0 Å². The molecule has 0 saturated carbocycles. The average Bonchev–Trinajstić information content (AvgIpc) is 2.69. The van der Waals surface area contributed by atoms with Crippen LogP contribution < -0.4 is 15.5 Å². The molecule has 0 atom stereocenters. The van der Waals surface area contributed by atoms with Crippen molar-refractivity contribution >= 4 is 34.7 Å². The molecule has 152 valence electrons. The summed E-state index contributed by atoms with van der Waals surface area (Å²) in [6.45, 7) is 5.48. The van der Waals surface area contributed by atoms with Gasteiger partial charge in [0.15, 0.2) is 5.78 Å². The number of piperazine rings is 1. The molecule has 29 heavy (non-hydrogen) atoms. The molecular weight excluding hydrogens is 368 g/mol. The molecule has 0 radical (unpaired) electrons. The second-order valence-electron chi connectivity index (χ2n) is 7.25. The summed E-state index contributed by atoms with van der Waals surface area (Å²) < 4.78 is 0. The summed E-state index contributed by atoms with van der Waals surface area (Å²) in [5.74, 6) is -0.909. The number of hydrogen-bond acceptors (Lipinski definition) is 5. The number of carbonyl (C=O) groups is 3. The maximum absolute atomic E-state index is 12.2. The van der Waals surface area contributed by atoms with Crippen molar-refractivity contribution < 1.29 is 14.4 Å². The molecule has 2 aromatic rings. The molecule has 0 spiro atoms. The molecule has 0 bridgehead atoms. The van der Waals surface area contributed by atoms with Crippen LogP contribution >= 0.6 is 0 Å². The Labute approximate surface area is 170 Å². The third-order valence-electron chi connectivity index (χ3n) is 4.89. The van der Waals surface area contributed by atoms with E-state index in [0.717, 1.165) is 31.9 Å². The fourth-order valence-corrected chi connectivity index (χ4v) is 3.19. The molecule has 1 aliphatic heterocycles. The third-order valence-corrected chi connectivity index (χ3v) is 4.89. The monoisotopic (exact) mass is 394 g/mol. The molecule has 0 unspecified atom stereocenters. The molecular formula is C22H26N4O3.